The molecule has 88 valence electrons. The molecule has 0 fully saturated rings. The number of hydrogen-bond donors (Lipinski definition) is 1. The van der Waals surface area contributed by atoms with Gasteiger partial charge in [-0.2, -0.15) is 0 Å². The summed E-state index contributed by atoms with van der Waals surface area (Å²) in [5.41, 5.74) is 6.17. The van der Waals surface area contributed by atoms with Crippen LogP contribution in [-0.2, 0) is 11.3 Å². The Morgan fingerprint density at radius 3 is 2.82 bits per heavy atom. The molecule has 6 nitrogen and oxygen atoms in total. The number of carbonyl (C=O) groups is 1. The van der Waals surface area contributed by atoms with Crippen molar-refractivity contribution in [3.05, 3.63) is 35.9 Å². The highest BCUT2D eigenvalue weighted by Gasteiger charge is 2.08. The van der Waals surface area contributed by atoms with E-state index in [0.29, 0.717) is 11.7 Å². The van der Waals surface area contributed by atoms with Crippen LogP contribution < -0.4 is 5.73 Å². The Morgan fingerprint density at radius 2 is 2.12 bits per heavy atom. The van der Waals surface area contributed by atoms with Crippen LogP contribution in [0.25, 0.3) is 0 Å². The Labute approximate surface area is 102 Å². The standard InChI is InChI=1S/C10H11N5OS/c11-9(16)7-17-10-12-13-14-15(10)6-8-4-2-1-3-5-8/h1-5H,6-7H2,(H2,11,16). The molecular weight excluding hydrogens is 238 g/mol. The molecule has 0 bridgehead atoms. The number of thioether (sulfide) groups is 1. The normalized spacial score (nSPS) is 10.4. The molecule has 1 heterocycles. The average molecular weight is 249 g/mol. The number of hydrogen-bond acceptors (Lipinski definition) is 5. The zero-order chi connectivity index (χ0) is 12.1. The number of tetrazole rings is 1. The summed E-state index contributed by atoms with van der Waals surface area (Å²) >= 11 is 1.23. The Balaban J connectivity index is 2.06. The summed E-state index contributed by atoms with van der Waals surface area (Å²) in [4.78, 5) is 10.7. The number of aromatic nitrogens is 4. The molecule has 1 aromatic carbocycles. The zero-order valence-electron chi connectivity index (χ0n) is 8.98. The van der Waals surface area contributed by atoms with Crippen LogP contribution in [0.3, 0.4) is 0 Å². The SMILES string of the molecule is NC(=O)CSc1nnnn1Cc1ccccc1. The second-order valence-electron chi connectivity index (χ2n) is 3.36. The summed E-state index contributed by atoms with van der Waals surface area (Å²) in [6.07, 6.45) is 0. The molecule has 0 aliphatic carbocycles. The van der Waals surface area contributed by atoms with E-state index in [1.165, 1.54) is 11.8 Å². The number of benzene rings is 1. The van der Waals surface area contributed by atoms with Gasteiger partial charge in [-0.15, -0.1) is 5.10 Å². The Hall–Kier alpha value is -1.89. The maximum Gasteiger partial charge on any atom is 0.227 e. The fraction of sp³-hybridized carbons (Fsp3) is 0.200. The molecule has 0 radical (unpaired) electrons. The van der Waals surface area contributed by atoms with Crippen molar-refractivity contribution in [2.75, 3.05) is 5.75 Å². The number of nitrogens with zero attached hydrogens (tertiary/aromatic N) is 4. The van der Waals surface area contributed by atoms with Crippen molar-refractivity contribution in [1.82, 2.24) is 20.2 Å². The van der Waals surface area contributed by atoms with E-state index in [1.54, 1.807) is 4.68 Å². The Morgan fingerprint density at radius 1 is 1.35 bits per heavy atom. The lowest BCUT2D eigenvalue weighted by molar-refractivity contribution is -0.115. The quantitative estimate of drug-likeness (QED) is 0.770. The molecule has 17 heavy (non-hydrogen) atoms. The van der Waals surface area contributed by atoms with Gasteiger partial charge in [0.05, 0.1) is 12.3 Å². The lowest BCUT2D eigenvalue weighted by Crippen LogP contribution is -2.14. The summed E-state index contributed by atoms with van der Waals surface area (Å²) in [5, 5.41) is 11.9. The highest BCUT2D eigenvalue weighted by Crippen LogP contribution is 2.14. The summed E-state index contributed by atoms with van der Waals surface area (Å²) in [6, 6.07) is 9.84. The molecule has 2 N–H and O–H groups in total. The van der Waals surface area contributed by atoms with Crippen LogP contribution in [0.4, 0.5) is 0 Å². The average Bonchev–Trinajstić information content (AvgIpc) is 2.75. The van der Waals surface area contributed by atoms with Gasteiger partial charge in [0, 0.05) is 0 Å². The van der Waals surface area contributed by atoms with E-state index in [4.69, 9.17) is 5.73 Å². The summed E-state index contributed by atoms with van der Waals surface area (Å²) in [6.45, 7) is 0.578. The molecular formula is C10H11N5OS. The largest absolute Gasteiger partial charge is 0.369 e. The van der Waals surface area contributed by atoms with Crippen molar-refractivity contribution < 1.29 is 4.79 Å². The van der Waals surface area contributed by atoms with Gasteiger partial charge in [-0.05, 0) is 16.0 Å². The van der Waals surface area contributed by atoms with Gasteiger partial charge in [0.2, 0.25) is 11.1 Å². The van der Waals surface area contributed by atoms with Crippen LogP contribution in [0.1, 0.15) is 5.56 Å². The van der Waals surface area contributed by atoms with Crippen LogP contribution in [0.2, 0.25) is 0 Å². The van der Waals surface area contributed by atoms with E-state index < -0.39 is 0 Å². The molecule has 0 spiro atoms. The smallest absolute Gasteiger partial charge is 0.227 e. The summed E-state index contributed by atoms with van der Waals surface area (Å²) in [7, 11) is 0. The predicted molar refractivity (Wildman–Crippen MR) is 63.3 cm³/mol. The number of primary amides is 1. The van der Waals surface area contributed by atoms with E-state index in [2.05, 4.69) is 15.5 Å². The van der Waals surface area contributed by atoms with Gasteiger partial charge in [-0.3, -0.25) is 4.79 Å². The van der Waals surface area contributed by atoms with Gasteiger partial charge in [-0.1, -0.05) is 42.1 Å². The lowest BCUT2D eigenvalue weighted by atomic mass is 10.2. The number of rotatable bonds is 5. The van der Waals surface area contributed by atoms with E-state index in [1.807, 2.05) is 30.3 Å². The minimum Gasteiger partial charge on any atom is -0.369 e. The van der Waals surface area contributed by atoms with Gasteiger partial charge in [0.25, 0.3) is 0 Å². The molecule has 2 aromatic rings. The minimum atomic E-state index is -0.385. The molecule has 0 atom stereocenters. The molecule has 0 saturated carbocycles. The van der Waals surface area contributed by atoms with Crippen molar-refractivity contribution in [2.45, 2.75) is 11.7 Å². The van der Waals surface area contributed by atoms with Crippen LogP contribution in [-0.4, -0.2) is 31.9 Å². The highest BCUT2D eigenvalue weighted by atomic mass is 32.2. The first kappa shape index (κ1) is 11.6. The maximum atomic E-state index is 10.7. The first-order chi connectivity index (χ1) is 8.25. The fourth-order valence-corrected chi connectivity index (χ4v) is 1.91. The molecule has 7 heteroatoms. The molecule has 0 aliphatic rings. The van der Waals surface area contributed by atoms with Crippen molar-refractivity contribution in [3.63, 3.8) is 0 Å². The second-order valence-corrected chi connectivity index (χ2v) is 4.30. The monoisotopic (exact) mass is 249 g/mol. The Bertz CT molecular complexity index is 498. The third kappa shape index (κ3) is 3.28. The molecule has 0 unspecified atom stereocenters. The van der Waals surface area contributed by atoms with Crippen molar-refractivity contribution in [3.8, 4) is 0 Å². The minimum absolute atomic E-state index is 0.176. The van der Waals surface area contributed by atoms with Crippen LogP contribution in [0.15, 0.2) is 35.5 Å². The topological polar surface area (TPSA) is 86.7 Å². The summed E-state index contributed by atoms with van der Waals surface area (Å²) in [5.74, 6) is -0.209. The van der Waals surface area contributed by atoms with Gasteiger partial charge in [0.1, 0.15) is 0 Å². The first-order valence-corrected chi connectivity index (χ1v) is 5.95. The fourth-order valence-electron chi connectivity index (χ4n) is 1.29. The zero-order valence-corrected chi connectivity index (χ0v) is 9.80. The maximum absolute atomic E-state index is 10.7. The van der Waals surface area contributed by atoms with Crippen LogP contribution >= 0.6 is 11.8 Å². The molecule has 2 rings (SSSR count). The molecule has 0 saturated heterocycles. The molecule has 1 amide bonds. The van der Waals surface area contributed by atoms with Crippen molar-refractivity contribution >= 4 is 17.7 Å². The van der Waals surface area contributed by atoms with Gasteiger partial charge in [0.15, 0.2) is 0 Å². The van der Waals surface area contributed by atoms with E-state index in [0.717, 1.165) is 5.56 Å². The first-order valence-electron chi connectivity index (χ1n) is 4.97. The predicted octanol–water partition coefficient (Wildman–Crippen LogP) is 0.299. The van der Waals surface area contributed by atoms with Crippen LogP contribution in [0.5, 0.6) is 0 Å². The third-order valence-electron chi connectivity index (χ3n) is 2.02. The second kappa shape index (κ2) is 5.44. The van der Waals surface area contributed by atoms with Crippen LogP contribution in [0, 0.1) is 0 Å². The molecule has 1 aromatic heterocycles. The lowest BCUT2D eigenvalue weighted by Gasteiger charge is -2.03. The Kier molecular flexibility index (Phi) is 3.71. The number of nitrogens with two attached hydrogens (primary N) is 1. The summed E-state index contributed by atoms with van der Waals surface area (Å²) < 4.78 is 1.64. The number of amides is 1. The van der Waals surface area contributed by atoms with E-state index in [9.17, 15) is 4.79 Å². The van der Waals surface area contributed by atoms with E-state index >= 15 is 0 Å². The van der Waals surface area contributed by atoms with E-state index in [-0.39, 0.29) is 11.7 Å². The van der Waals surface area contributed by atoms with Gasteiger partial charge in [-0.25, -0.2) is 4.68 Å². The van der Waals surface area contributed by atoms with Gasteiger partial charge >= 0.3 is 0 Å². The van der Waals surface area contributed by atoms with Crippen molar-refractivity contribution in [1.29, 1.82) is 0 Å². The number of carbonyl (C=O) groups excluding carboxylic acids is 1. The van der Waals surface area contributed by atoms with Crippen molar-refractivity contribution in [2.24, 2.45) is 5.73 Å². The highest BCUT2D eigenvalue weighted by molar-refractivity contribution is 7.99. The molecule has 0 aliphatic heterocycles. The van der Waals surface area contributed by atoms with Gasteiger partial charge < -0.3 is 5.73 Å². The third-order valence-corrected chi connectivity index (χ3v) is 3.00.